The molecule has 2 N–H and O–H groups in total. The van der Waals surface area contributed by atoms with E-state index in [1.54, 1.807) is 0 Å². The molecule has 0 bridgehead atoms. The smallest absolute Gasteiger partial charge is 0.108 e. The van der Waals surface area contributed by atoms with E-state index >= 15 is 0 Å². The summed E-state index contributed by atoms with van der Waals surface area (Å²) in [6.07, 6.45) is 8.80. The Bertz CT molecular complexity index is 805. The Morgan fingerprint density at radius 2 is 2.08 bits per heavy atom. The molecule has 1 aliphatic heterocycles. The van der Waals surface area contributed by atoms with E-state index in [1.165, 1.54) is 41.1 Å². The highest BCUT2D eigenvalue weighted by atomic mass is 15.1. The van der Waals surface area contributed by atoms with Gasteiger partial charge in [0.25, 0.3) is 0 Å². The Morgan fingerprint density at radius 1 is 1.20 bits per heavy atom. The van der Waals surface area contributed by atoms with E-state index < -0.39 is 0 Å². The molecule has 0 saturated carbocycles. The average molecular weight is 335 g/mol. The van der Waals surface area contributed by atoms with Crippen molar-refractivity contribution in [1.82, 2.24) is 25.1 Å². The van der Waals surface area contributed by atoms with Crippen LogP contribution >= 0.6 is 0 Å². The van der Waals surface area contributed by atoms with Crippen LogP contribution in [0.25, 0.3) is 11.3 Å². The molecule has 3 heterocycles. The molecule has 3 aromatic rings. The van der Waals surface area contributed by atoms with Crippen LogP contribution in [0.1, 0.15) is 35.5 Å². The van der Waals surface area contributed by atoms with Crippen molar-refractivity contribution in [2.45, 2.75) is 45.7 Å². The van der Waals surface area contributed by atoms with Crippen LogP contribution in [0, 0.1) is 6.92 Å². The molecule has 0 saturated heterocycles. The van der Waals surface area contributed by atoms with Crippen molar-refractivity contribution in [2.75, 3.05) is 6.54 Å². The van der Waals surface area contributed by atoms with Crippen LogP contribution in [0.3, 0.4) is 0 Å². The number of fused-ring (bicyclic) bond motifs is 1. The summed E-state index contributed by atoms with van der Waals surface area (Å²) in [5.74, 6) is 1.26. The van der Waals surface area contributed by atoms with Crippen LogP contribution in [-0.2, 0) is 25.9 Å². The molecular formula is C20H25N5. The number of imidazole rings is 1. The minimum atomic E-state index is 0.813. The average Bonchev–Trinajstić information content (AvgIpc) is 3.25. The van der Waals surface area contributed by atoms with E-state index in [0.717, 1.165) is 38.2 Å². The van der Waals surface area contributed by atoms with Gasteiger partial charge in [-0.1, -0.05) is 29.8 Å². The Labute approximate surface area is 148 Å². The van der Waals surface area contributed by atoms with Crippen LogP contribution in [0.5, 0.6) is 0 Å². The third kappa shape index (κ3) is 3.66. The first kappa shape index (κ1) is 16.1. The topological polar surface area (TPSA) is 58.5 Å². The summed E-state index contributed by atoms with van der Waals surface area (Å²) in [5.41, 5.74) is 5.96. The van der Waals surface area contributed by atoms with Gasteiger partial charge in [0.05, 0.1) is 17.6 Å². The molecule has 0 unspecified atom stereocenters. The normalized spacial score (nSPS) is 13.8. The monoisotopic (exact) mass is 335 g/mol. The molecule has 4 rings (SSSR count). The van der Waals surface area contributed by atoms with E-state index in [9.17, 15) is 0 Å². The molecule has 1 aromatic carbocycles. The van der Waals surface area contributed by atoms with Crippen molar-refractivity contribution in [3.05, 3.63) is 59.3 Å². The van der Waals surface area contributed by atoms with E-state index in [-0.39, 0.29) is 0 Å². The summed E-state index contributed by atoms with van der Waals surface area (Å²) in [4.78, 5) is 4.76. The molecule has 1 aliphatic rings. The van der Waals surface area contributed by atoms with Crippen LogP contribution in [0.4, 0.5) is 0 Å². The van der Waals surface area contributed by atoms with Gasteiger partial charge in [0, 0.05) is 44.2 Å². The molecule has 0 fully saturated rings. The fourth-order valence-electron chi connectivity index (χ4n) is 3.45. The third-order valence-electron chi connectivity index (χ3n) is 4.89. The second-order valence-corrected chi connectivity index (χ2v) is 6.86. The SMILES string of the molecule is Cc1ccc(-c2[nH]ncc2CNCCc2cn3c(n2)CCCC3)cc1. The van der Waals surface area contributed by atoms with Gasteiger partial charge >= 0.3 is 0 Å². The summed E-state index contributed by atoms with van der Waals surface area (Å²) in [7, 11) is 0. The maximum atomic E-state index is 4.76. The van der Waals surface area contributed by atoms with E-state index in [4.69, 9.17) is 4.98 Å². The Balaban J connectivity index is 1.33. The molecule has 0 aliphatic carbocycles. The zero-order valence-corrected chi connectivity index (χ0v) is 14.8. The largest absolute Gasteiger partial charge is 0.335 e. The van der Waals surface area contributed by atoms with Gasteiger partial charge in [0.1, 0.15) is 5.82 Å². The molecule has 0 radical (unpaired) electrons. The summed E-state index contributed by atoms with van der Waals surface area (Å²) in [6, 6.07) is 8.55. The number of nitrogens with one attached hydrogen (secondary N) is 2. The maximum absolute atomic E-state index is 4.76. The van der Waals surface area contributed by atoms with Crippen LogP contribution in [-0.4, -0.2) is 26.3 Å². The number of hydrogen-bond acceptors (Lipinski definition) is 3. The third-order valence-corrected chi connectivity index (χ3v) is 4.89. The van der Waals surface area contributed by atoms with Gasteiger partial charge in [0.2, 0.25) is 0 Å². The fraction of sp³-hybridized carbons (Fsp3) is 0.400. The summed E-state index contributed by atoms with van der Waals surface area (Å²) in [6.45, 7) is 4.97. The summed E-state index contributed by atoms with van der Waals surface area (Å²) < 4.78 is 2.32. The molecule has 0 atom stereocenters. The number of H-pyrrole nitrogens is 1. The van der Waals surface area contributed by atoms with Gasteiger partial charge < -0.3 is 9.88 Å². The zero-order valence-electron chi connectivity index (χ0n) is 14.8. The Hall–Kier alpha value is -2.40. The molecule has 5 nitrogen and oxygen atoms in total. The van der Waals surface area contributed by atoms with E-state index in [2.05, 4.69) is 57.5 Å². The fourth-order valence-corrected chi connectivity index (χ4v) is 3.45. The second kappa shape index (κ2) is 7.23. The quantitative estimate of drug-likeness (QED) is 0.680. The van der Waals surface area contributed by atoms with Crippen molar-refractivity contribution in [1.29, 1.82) is 0 Å². The van der Waals surface area contributed by atoms with E-state index in [0.29, 0.717) is 0 Å². The Morgan fingerprint density at radius 3 is 2.92 bits per heavy atom. The van der Waals surface area contributed by atoms with Crippen molar-refractivity contribution >= 4 is 0 Å². The van der Waals surface area contributed by atoms with Crippen LogP contribution < -0.4 is 5.32 Å². The highest BCUT2D eigenvalue weighted by molar-refractivity contribution is 5.62. The first-order chi connectivity index (χ1) is 12.3. The van der Waals surface area contributed by atoms with Gasteiger partial charge in [0.15, 0.2) is 0 Å². The lowest BCUT2D eigenvalue weighted by Gasteiger charge is -2.11. The first-order valence-corrected chi connectivity index (χ1v) is 9.14. The lowest BCUT2D eigenvalue weighted by atomic mass is 10.1. The lowest BCUT2D eigenvalue weighted by Crippen LogP contribution is -2.17. The van der Waals surface area contributed by atoms with Gasteiger partial charge in [-0.3, -0.25) is 5.10 Å². The summed E-state index contributed by atoms with van der Waals surface area (Å²) >= 11 is 0. The van der Waals surface area contributed by atoms with Gasteiger partial charge in [-0.25, -0.2) is 4.98 Å². The van der Waals surface area contributed by atoms with Crippen molar-refractivity contribution in [2.24, 2.45) is 0 Å². The molecule has 0 amide bonds. The maximum Gasteiger partial charge on any atom is 0.108 e. The van der Waals surface area contributed by atoms with Gasteiger partial charge in [-0.05, 0) is 25.3 Å². The first-order valence-electron chi connectivity index (χ1n) is 9.14. The second-order valence-electron chi connectivity index (χ2n) is 6.86. The van der Waals surface area contributed by atoms with Gasteiger partial charge in [-0.15, -0.1) is 0 Å². The standard InChI is InChI=1S/C20H25N5/c1-15-5-7-16(8-6-15)20-17(13-22-24-20)12-21-10-9-18-14-25-11-3-2-4-19(25)23-18/h5-8,13-14,21H,2-4,9-12H2,1H3,(H,22,24). The Kier molecular flexibility index (Phi) is 4.65. The minimum Gasteiger partial charge on any atom is -0.335 e. The minimum absolute atomic E-state index is 0.813. The number of aryl methyl sites for hydroxylation is 3. The predicted octanol–water partition coefficient (Wildman–Crippen LogP) is 3.25. The molecule has 5 heteroatoms. The molecule has 130 valence electrons. The summed E-state index contributed by atoms with van der Waals surface area (Å²) in [5, 5.41) is 10.9. The van der Waals surface area contributed by atoms with Crippen molar-refractivity contribution in [3.63, 3.8) is 0 Å². The van der Waals surface area contributed by atoms with Gasteiger partial charge in [-0.2, -0.15) is 5.10 Å². The van der Waals surface area contributed by atoms with Crippen LogP contribution in [0.15, 0.2) is 36.7 Å². The molecular weight excluding hydrogens is 310 g/mol. The predicted molar refractivity (Wildman–Crippen MR) is 99.3 cm³/mol. The zero-order chi connectivity index (χ0) is 17.1. The number of benzene rings is 1. The number of aromatic amines is 1. The number of nitrogens with zero attached hydrogens (tertiary/aromatic N) is 3. The highest BCUT2D eigenvalue weighted by Gasteiger charge is 2.12. The van der Waals surface area contributed by atoms with Crippen LogP contribution in [0.2, 0.25) is 0 Å². The van der Waals surface area contributed by atoms with Crippen molar-refractivity contribution < 1.29 is 0 Å². The lowest BCUT2D eigenvalue weighted by molar-refractivity contribution is 0.522. The number of rotatable bonds is 6. The van der Waals surface area contributed by atoms with E-state index in [1.807, 2.05) is 6.20 Å². The highest BCUT2D eigenvalue weighted by Crippen LogP contribution is 2.21. The molecule has 0 spiro atoms. The molecule has 2 aromatic heterocycles. The number of aromatic nitrogens is 4. The molecule has 25 heavy (non-hydrogen) atoms. The number of hydrogen-bond donors (Lipinski definition) is 2. The van der Waals surface area contributed by atoms with Crippen molar-refractivity contribution in [3.8, 4) is 11.3 Å².